The van der Waals surface area contributed by atoms with Gasteiger partial charge in [-0.05, 0) is 48.2 Å². The Morgan fingerprint density at radius 2 is 1.93 bits per heavy atom. The molecule has 5 nitrogen and oxygen atoms in total. The lowest BCUT2D eigenvalue weighted by Gasteiger charge is -2.12. The first kappa shape index (κ1) is 18.1. The smallest absolute Gasteiger partial charge is 0.267 e. The highest BCUT2D eigenvalue weighted by Crippen LogP contribution is 2.35. The summed E-state index contributed by atoms with van der Waals surface area (Å²) in [5.41, 5.74) is 2.79. The van der Waals surface area contributed by atoms with Crippen LogP contribution in [0.4, 0.5) is 5.69 Å². The molecule has 28 heavy (non-hydrogen) atoms. The SMILES string of the molecule is C=CCN1C(=O)/C(=C/c2cn(C)c3ccccc23)SC1=Nc1ccc(O)cc1. The van der Waals surface area contributed by atoms with Crippen molar-refractivity contribution < 1.29 is 9.90 Å². The number of rotatable bonds is 4. The van der Waals surface area contributed by atoms with Crippen LogP contribution in [0.1, 0.15) is 5.56 Å². The van der Waals surface area contributed by atoms with Crippen molar-refractivity contribution in [2.75, 3.05) is 6.54 Å². The summed E-state index contributed by atoms with van der Waals surface area (Å²) in [6, 6.07) is 14.7. The number of aromatic hydroxyl groups is 1. The largest absolute Gasteiger partial charge is 0.508 e. The lowest BCUT2D eigenvalue weighted by atomic mass is 10.1. The van der Waals surface area contributed by atoms with Gasteiger partial charge < -0.3 is 9.67 Å². The fourth-order valence-electron chi connectivity index (χ4n) is 3.15. The molecule has 2 heterocycles. The normalized spacial score (nSPS) is 17.2. The molecule has 0 bridgehead atoms. The van der Waals surface area contributed by atoms with E-state index in [1.54, 1.807) is 35.2 Å². The van der Waals surface area contributed by atoms with Crippen molar-refractivity contribution in [1.82, 2.24) is 9.47 Å². The molecule has 1 saturated heterocycles. The average molecular weight is 389 g/mol. The molecule has 0 saturated carbocycles. The molecule has 4 rings (SSSR count). The second-order valence-corrected chi connectivity index (χ2v) is 7.45. The van der Waals surface area contributed by atoms with E-state index in [4.69, 9.17) is 0 Å². The first-order valence-electron chi connectivity index (χ1n) is 8.81. The van der Waals surface area contributed by atoms with Gasteiger partial charge in [0, 0.05) is 36.3 Å². The molecule has 1 N–H and O–H groups in total. The van der Waals surface area contributed by atoms with E-state index >= 15 is 0 Å². The maximum atomic E-state index is 13.0. The number of amides is 1. The molecule has 2 aromatic carbocycles. The van der Waals surface area contributed by atoms with E-state index in [1.165, 1.54) is 11.8 Å². The zero-order valence-electron chi connectivity index (χ0n) is 15.4. The Balaban J connectivity index is 1.74. The molecular weight excluding hydrogens is 370 g/mol. The number of fused-ring (bicyclic) bond motifs is 1. The van der Waals surface area contributed by atoms with Gasteiger partial charge in [0.2, 0.25) is 0 Å². The fourth-order valence-corrected chi connectivity index (χ4v) is 4.15. The number of benzene rings is 2. The Morgan fingerprint density at radius 1 is 1.18 bits per heavy atom. The molecule has 1 fully saturated rings. The van der Waals surface area contributed by atoms with Crippen LogP contribution in [0.2, 0.25) is 0 Å². The Kier molecular flexibility index (Phi) is 4.79. The summed E-state index contributed by atoms with van der Waals surface area (Å²) < 4.78 is 2.05. The highest BCUT2D eigenvalue weighted by Gasteiger charge is 2.32. The minimum absolute atomic E-state index is 0.0876. The molecule has 6 heteroatoms. The predicted octanol–water partition coefficient (Wildman–Crippen LogP) is 4.67. The van der Waals surface area contributed by atoms with Crippen molar-refractivity contribution in [2.45, 2.75) is 0 Å². The van der Waals surface area contributed by atoms with Crippen LogP contribution >= 0.6 is 11.8 Å². The Hall–Kier alpha value is -3.25. The van der Waals surface area contributed by atoms with E-state index in [-0.39, 0.29) is 11.7 Å². The van der Waals surface area contributed by atoms with Gasteiger partial charge in [0.25, 0.3) is 5.91 Å². The van der Waals surface area contributed by atoms with Crippen molar-refractivity contribution in [1.29, 1.82) is 0 Å². The van der Waals surface area contributed by atoms with Crippen molar-refractivity contribution in [2.24, 2.45) is 12.0 Å². The number of hydrogen-bond donors (Lipinski definition) is 1. The summed E-state index contributed by atoms with van der Waals surface area (Å²) in [6.07, 6.45) is 5.63. The van der Waals surface area contributed by atoms with Gasteiger partial charge in [0.05, 0.1) is 10.6 Å². The maximum Gasteiger partial charge on any atom is 0.267 e. The number of aliphatic imine (C=N–C) groups is 1. The molecule has 1 aromatic heterocycles. The number of amidine groups is 1. The van der Waals surface area contributed by atoms with Gasteiger partial charge in [0.15, 0.2) is 5.17 Å². The van der Waals surface area contributed by atoms with Crippen LogP contribution in [-0.4, -0.2) is 32.2 Å². The van der Waals surface area contributed by atoms with Gasteiger partial charge in [0.1, 0.15) is 5.75 Å². The number of hydrogen-bond acceptors (Lipinski definition) is 4. The summed E-state index contributed by atoms with van der Waals surface area (Å²) in [6.45, 7) is 4.14. The van der Waals surface area contributed by atoms with E-state index < -0.39 is 0 Å². The van der Waals surface area contributed by atoms with Crippen molar-refractivity contribution in [3.05, 3.63) is 77.9 Å². The molecule has 0 spiro atoms. The highest BCUT2D eigenvalue weighted by atomic mass is 32.2. The van der Waals surface area contributed by atoms with Gasteiger partial charge in [-0.15, -0.1) is 6.58 Å². The topological polar surface area (TPSA) is 57.8 Å². The number of aryl methyl sites for hydroxylation is 1. The second-order valence-electron chi connectivity index (χ2n) is 6.44. The lowest BCUT2D eigenvalue weighted by Crippen LogP contribution is -2.29. The standard InChI is InChI=1S/C22H19N3O2S/c1-3-12-25-21(27)20(28-22(25)23-16-8-10-17(26)11-9-16)13-15-14-24(2)19-7-5-4-6-18(15)19/h3-11,13-14,26H,1,12H2,2H3/b20-13-,23-22?. The number of carbonyl (C=O) groups is 1. The number of carbonyl (C=O) groups excluding carboxylic acids is 1. The van der Waals surface area contributed by atoms with Crippen LogP contribution < -0.4 is 0 Å². The molecule has 0 atom stereocenters. The molecule has 140 valence electrons. The molecule has 0 radical (unpaired) electrons. The van der Waals surface area contributed by atoms with Gasteiger partial charge in [-0.3, -0.25) is 9.69 Å². The minimum atomic E-state index is -0.0876. The van der Waals surface area contributed by atoms with Gasteiger partial charge in [-0.2, -0.15) is 0 Å². The third-order valence-electron chi connectivity index (χ3n) is 4.49. The number of nitrogens with zero attached hydrogens (tertiary/aromatic N) is 3. The summed E-state index contributed by atoms with van der Waals surface area (Å²) in [4.78, 5) is 19.8. The zero-order chi connectivity index (χ0) is 19.7. The summed E-state index contributed by atoms with van der Waals surface area (Å²) in [5, 5.41) is 11.1. The van der Waals surface area contributed by atoms with Crippen LogP contribution in [-0.2, 0) is 11.8 Å². The van der Waals surface area contributed by atoms with E-state index in [1.807, 2.05) is 31.5 Å². The van der Waals surface area contributed by atoms with Gasteiger partial charge in [-0.1, -0.05) is 24.3 Å². The molecule has 3 aromatic rings. The van der Waals surface area contributed by atoms with Crippen LogP contribution in [0.3, 0.4) is 0 Å². The summed E-state index contributed by atoms with van der Waals surface area (Å²) in [7, 11) is 2.00. The molecular formula is C22H19N3O2S. The number of para-hydroxylation sites is 1. The molecule has 1 aliphatic rings. The van der Waals surface area contributed by atoms with Crippen molar-refractivity contribution in [3.63, 3.8) is 0 Å². The number of phenols is 1. The van der Waals surface area contributed by atoms with Gasteiger partial charge in [-0.25, -0.2) is 4.99 Å². The molecule has 0 unspecified atom stereocenters. The van der Waals surface area contributed by atoms with E-state index in [9.17, 15) is 9.90 Å². The van der Waals surface area contributed by atoms with Crippen LogP contribution in [0.5, 0.6) is 5.75 Å². The minimum Gasteiger partial charge on any atom is -0.508 e. The average Bonchev–Trinajstić information content (AvgIpc) is 3.16. The molecule has 0 aliphatic carbocycles. The van der Waals surface area contributed by atoms with Crippen molar-refractivity contribution in [3.8, 4) is 5.75 Å². The highest BCUT2D eigenvalue weighted by molar-refractivity contribution is 8.18. The molecule has 1 aliphatic heterocycles. The summed E-state index contributed by atoms with van der Waals surface area (Å²) in [5.74, 6) is 0.0916. The monoisotopic (exact) mass is 389 g/mol. The summed E-state index contributed by atoms with van der Waals surface area (Å²) >= 11 is 1.35. The van der Waals surface area contributed by atoms with Gasteiger partial charge >= 0.3 is 0 Å². The van der Waals surface area contributed by atoms with E-state index in [2.05, 4.69) is 28.3 Å². The quantitative estimate of drug-likeness (QED) is 0.521. The third-order valence-corrected chi connectivity index (χ3v) is 5.50. The Morgan fingerprint density at radius 3 is 2.68 bits per heavy atom. The zero-order valence-corrected chi connectivity index (χ0v) is 16.2. The second kappa shape index (κ2) is 7.40. The number of phenolic OH excluding ortho intramolecular Hbond substituents is 1. The predicted molar refractivity (Wildman–Crippen MR) is 116 cm³/mol. The number of aromatic nitrogens is 1. The van der Waals surface area contributed by atoms with Crippen LogP contribution in [0.25, 0.3) is 17.0 Å². The number of thioether (sulfide) groups is 1. The van der Waals surface area contributed by atoms with Crippen LogP contribution in [0.15, 0.2) is 77.3 Å². The lowest BCUT2D eigenvalue weighted by molar-refractivity contribution is -0.121. The van der Waals surface area contributed by atoms with Crippen molar-refractivity contribution >= 4 is 45.5 Å². The Bertz CT molecular complexity index is 1130. The Labute approximate surface area is 167 Å². The molecule has 1 amide bonds. The first-order valence-corrected chi connectivity index (χ1v) is 9.62. The van der Waals surface area contributed by atoms with E-state index in [0.717, 1.165) is 16.5 Å². The third kappa shape index (κ3) is 3.34. The van der Waals surface area contributed by atoms with E-state index in [0.29, 0.717) is 22.3 Å². The maximum absolute atomic E-state index is 13.0. The van der Waals surface area contributed by atoms with Crippen LogP contribution in [0, 0.1) is 0 Å². The fraction of sp³-hybridized carbons (Fsp3) is 0.0909. The first-order chi connectivity index (χ1) is 13.6.